The monoisotopic (exact) mass is 373 g/mol. The zero-order chi connectivity index (χ0) is 16.4. The number of amides is 1. The number of nitrogens with zero attached hydrogens (tertiary/aromatic N) is 4. The van der Waals surface area contributed by atoms with Gasteiger partial charge in [0.1, 0.15) is 0 Å². The largest absolute Gasteiger partial charge is 0.322 e. The van der Waals surface area contributed by atoms with E-state index in [-0.39, 0.29) is 5.91 Å². The summed E-state index contributed by atoms with van der Waals surface area (Å²) < 4.78 is 4.45. The average molecular weight is 374 g/mol. The van der Waals surface area contributed by atoms with Gasteiger partial charge in [-0.15, -0.1) is 0 Å². The van der Waals surface area contributed by atoms with Crippen LogP contribution in [0, 0.1) is 6.92 Å². The van der Waals surface area contributed by atoms with Crippen molar-refractivity contribution in [3.63, 3.8) is 0 Å². The minimum atomic E-state index is -0.158. The van der Waals surface area contributed by atoms with E-state index in [4.69, 9.17) is 0 Å². The van der Waals surface area contributed by atoms with Crippen molar-refractivity contribution < 1.29 is 4.79 Å². The van der Waals surface area contributed by atoms with Crippen LogP contribution in [-0.4, -0.2) is 25.5 Å². The molecule has 3 aromatic rings. The van der Waals surface area contributed by atoms with Gasteiger partial charge in [0.2, 0.25) is 0 Å². The minimum absolute atomic E-state index is 0.158. The van der Waals surface area contributed by atoms with E-state index in [1.54, 1.807) is 17.1 Å². The van der Waals surface area contributed by atoms with Crippen molar-refractivity contribution in [3.05, 3.63) is 64.1 Å². The molecule has 6 nitrogen and oxygen atoms in total. The molecule has 0 spiro atoms. The van der Waals surface area contributed by atoms with Gasteiger partial charge in [0.25, 0.3) is 5.91 Å². The Morgan fingerprint density at radius 3 is 2.78 bits per heavy atom. The molecule has 0 radical (unpaired) electrons. The van der Waals surface area contributed by atoms with Gasteiger partial charge in [-0.25, -0.2) is 0 Å². The smallest absolute Gasteiger partial charge is 0.259 e. The Balaban J connectivity index is 1.74. The summed E-state index contributed by atoms with van der Waals surface area (Å²) in [5, 5.41) is 11.2. The van der Waals surface area contributed by atoms with Crippen LogP contribution in [-0.2, 0) is 13.6 Å². The topological polar surface area (TPSA) is 64.7 Å². The number of carbonyl (C=O) groups is 1. The third-order valence-electron chi connectivity index (χ3n) is 3.61. The molecule has 3 rings (SSSR count). The summed E-state index contributed by atoms with van der Waals surface area (Å²) in [6.45, 7) is 2.51. The predicted molar refractivity (Wildman–Crippen MR) is 91.4 cm³/mol. The first-order valence-electron chi connectivity index (χ1n) is 7.10. The summed E-state index contributed by atoms with van der Waals surface area (Å²) in [5.74, 6) is -0.158. The van der Waals surface area contributed by atoms with Crippen molar-refractivity contribution >= 4 is 27.5 Å². The molecule has 0 aliphatic rings. The van der Waals surface area contributed by atoms with Crippen LogP contribution in [0.15, 0.2) is 47.3 Å². The van der Waals surface area contributed by atoms with Gasteiger partial charge in [0, 0.05) is 24.6 Å². The number of aryl methyl sites for hydroxylation is 1. The second-order valence-corrected chi connectivity index (χ2v) is 6.19. The highest BCUT2D eigenvalue weighted by molar-refractivity contribution is 9.10. The van der Waals surface area contributed by atoms with Crippen molar-refractivity contribution in [2.24, 2.45) is 7.05 Å². The molecule has 2 heterocycles. The van der Waals surface area contributed by atoms with Gasteiger partial charge in [-0.2, -0.15) is 10.2 Å². The molecule has 1 aromatic carbocycles. The fourth-order valence-corrected chi connectivity index (χ4v) is 2.61. The van der Waals surface area contributed by atoms with Gasteiger partial charge >= 0.3 is 0 Å². The van der Waals surface area contributed by atoms with Gasteiger partial charge < -0.3 is 5.32 Å². The van der Waals surface area contributed by atoms with Gasteiger partial charge in [0.15, 0.2) is 0 Å². The molecule has 118 valence electrons. The fourth-order valence-electron chi connectivity index (χ4n) is 2.28. The lowest BCUT2D eigenvalue weighted by atomic mass is 10.2. The first-order chi connectivity index (χ1) is 11.0. The average Bonchev–Trinajstić information content (AvgIpc) is 3.06. The van der Waals surface area contributed by atoms with Gasteiger partial charge in [-0.1, -0.05) is 12.1 Å². The molecule has 1 N–H and O–H groups in total. The summed E-state index contributed by atoms with van der Waals surface area (Å²) in [7, 11) is 1.81. The Kier molecular flexibility index (Phi) is 4.29. The lowest BCUT2D eigenvalue weighted by Crippen LogP contribution is -2.13. The third kappa shape index (κ3) is 3.50. The van der Waals surface area contributed by atoms with Gasteiger partial charge in [0.05, 0.1) is 29.0 Å². The molecular weight excluding hydrogens is 358 g/mol. The molecule has 0 aliphatic carbocycles. The minimum Gasteiger partial charge on any atom is -0.322 e. The lowest BCUT2D eigenvalue weighted by Gasteiger charge is -2.08. The molecular formula is C16H16BrN5O. The van der Waals surface area contributed by atoms with E-state index in [9.17, 15) is 4.79 Å². The number of hydrogen-bond acceptors (Lipinski definition) is 3. The number of anilines is 1. The molecule has 0 saturated heterocycles. The van der Waals surface area contributed by atoms with E-state index in [0.717, 1.165) is 21.4 Å². The van der Waals surface area contributed by atoms with E-state index in [2.05, 4.69) is 31.4 Å². The van der Waals surface area contributed by atoms with Crippen LogP contribution in [0.2, 0.25) is 0 Å². The van der Waals surface area contributed by atoms with Crippen LogP contribution >= 0.6 is 15.9 Å². The molecule has 0 unspecified atom stereocenters. The van der Waals surface area contributed by atoms with Crippen LogP contribution in [0.25, 0.3) is 0 Å². The fraction of sp³-hybridized carbons (Fsp3) is 0.188. The normalized spacial score (nSPS) is 10.7. The summed E-state index contributed by atoms with van der Waals surface area (Å²) in [4.78, 5) is 12.3. The maximum Gasteiger partial charge on any atom is 0.259 e. The van der Waals surface area contributed by atoms with Crippen LogP contribution < -0.4 is 5.32 Å². The Morgan fingerprint density at radius 1 is 1.30 bits per heavy atom. The van der Waals surface area contributed by atoms with Gasteiger partial charge in [-0.3, -0.25) is 14.2 Å². The van der Waals surface area contributed by atoms with Crippen LogP contribution in [0.5, 0.6) is 0 Å². The van der Waals surface area contributed by atoms with Crippen LogP contribution in [0.4, 0.5) is 5.69 Å². The van der Waals surface area contributed by atoms with Crippen molar-refractivity contribution in [3.8, 4) is 0 Å². The maximum atomic E-state index is 12.3. The summed E-state index contributed by atoms with van der Waals surface area (Å²) in [5.41, 5.74) is 3.22. The van der Waals surface area contributed by atoms with Crippen molar-refractivity contribution in [2.45, 2.75) is 13.5 Å². The highest BCUT2D eigenvalue weighted by atomic mass is 79.9. The van der Waals surface area contributed by atoms with E-state index in [0.29, 0.717) is 12.1 Å². The Bertz CT molecular complexity index is 852. The maximum absolute atomic E-state index is 12.3. The van der Waals surface area contributed by atoms with E-state index < -0.39 is 0 Å². The standard InChI is InChI=1S/C16H16BrN5O/c1-11-15(8-18-21(11)2)16(23)20-14-5-3-4-12(6-14)9-22-10-13(17)7-19-22/h3-8,10H,9H2,1-2H3,(H,20,23). The molecule has 23 heavy (non-hydrogen) atoms. The third-order valence-corrected chi connectivity index (χ3v) is 4.02. The predicted octanol–water partition coefficient (Wildman–Crippen LogP) is 2.99. The number of rotatable bonds is 4. The summed E-state index contributed by atoms with van der Waals surface area (Å²) >= 11 is 3.38. The second-order valence-electron chi connectivity index (χ2n) is 5.28. The Morgan fingerprint density at radius 2 is 2.13 bits per heavy atom. The molecule has 7 heteroatoms. The number of benzene rings is 1. The highest BCUT2D eigenvalue weighted by Gasteiger charge is 2.13. The van der Waals surface area contributed by atoms with Gasteiger partial charge in [-0.05, 0) is 40.5 Å². The second kappa shape index (κ2) is 6.37. The Hall–Kier alpha value is -2.41. The number of carbonyl (C=O) groups excluding carboxylic acids is 1. The van der Waals surface area contributed by atoms with Crippen LogP contribution in [0.1, 0.15) is 21.6 Å². The molecule has 0 saturated carbocycles. The SMILES string of the molecule is Cc1c(C(=O)Nc2cccc(Cn3cc(Br)cn3)c2)cnn1C. The number of nitrogens with one attached hydrogen (secondary N) is 1. The van der Waals surface area contributed by atoms with Crippen molar-refractivity contribution in [1.82, 2.24) is 19.6 Å². The lowest BCUT2D eigenvalue weighted by molar-refractivity contribution is 0.102. The molecule has 0 aliphatic heterocycles. The number of aromatic nitrogens is 4. The Labute approximate surface area is 142 Å². The molecule has 0 fully saturated rings. The van der Waals surface area contributed by atoms with E-state index in [1.165, 1.54) is 0 Å². The molecule has 0 bridgehead atoms. The summed E-state index contributed by atoms with van der Waals surface area (Å²) in [6.07, 6.45) is 5.23. The molecule has 0 atom stereocenters. The molecule has 2 aromatic heterocycles. The van der Waals surface area contributed by atoms with Crippen molar-refractivity contribution in [2.75, 3.05) is 5.32 Å². The first kappa shape index (κ1) is 15.5. The number of halogens is 1. The zero-order valence-corrected chi connectivity index (χ0v) is 14.4. The van der Waals surface area contributed by atoms with E-state index in [1.807, 2.05) is 49.1 Å². The number of hydrogen-bond donors (Lipinski definition) is 1. The zero-order valence-electron chi connectivity index (χ0n) is 12.8. The highest BCUT2D eigenvalue weighted by Crippen LogP contribution is 2.15. The molecule has 1 amide bonds. The summed E-state index contributed by atoms with van der Waals surface area (Å²) in [6, 6.07) is 7.73. The first-order valence-corrected chi connectivity index (χ1v) is 7.89. The van der Waals surface area contributed by atoms with E-state index >= 15 is 0 Å². The van der Waals surface area contributed by atoms with Crippen molar-refractivity contribution in [1.29, 1.82) is 0 Å². The quantitative estimate of drug-likeness (QED) is 0.764. The van der Waals surface area contributed by atoms with Crippen LogP contribution in [0.3, 0.4) is 0 Å².